The molecule has 0 radical (unpaired) electrons. The van der Waals surface area contributed by atoms with E-state index in [1.54, 1.807) is 0 Å². The van der Waals surface area contributed by atoms with Gasteiger partial charge in [0.1, 0.15) is 10.7 Å². The van der Waals surface area contributed by atoms with Gasteiger partial charge in [0, 0.05) is 32.7 Å². The highest BCUT2D eigenvalue weighted by molar-refractivity contribution is 7.89. The van der Waals surface area contributed by atoms with Crippen molar-refractivity contribution in [3.8, 4) is 0 Å². The summed E-state index contributed by atoms with van der Waals surface area (Å²) in [4.78, 5) is 13.9. The van der Waals surface area contributed by atoms with E-state index in [0.717, 1.165) is 6.07 Å². The lowest BCUT2D eigenvalue weighted by molar-refractivity contribution is -0.122. The molecule has 2 aromatic carbocycles. The second kappa shape index (κ2) is 9.47. The van der Waals surface area contributed by atoms with Gasteiger partial charge in [-0.3, -0.25) is 9.69 Å². The second-order valence-corrected chi connectivity index (χ2v) is 9.13. The first-order chi connectivity index (χ1) is 13.9. The van der Waals surface area contributed by atoms with Crippen LogP contribution in [0.2, 0.25) is 0 Å². The van der Waals surface area contributed by atoms with Crippen LogP contribution in [0, 0.1) is 5.82 Å². The van der Waals surface area contributed by atoms with E-state index < -0.39 is 15.8 Å². The van der Waals surface area contributed by atoms with Gasteiger partial charge < -0.3 is 5.32 Å². The largest absolute Gasteiger partial charge is 0.354 e. The monoisotopic (exact) mass is 419 g/mol. The average Bonchev–Trinajstić information content (AvgIpc) is 2.73. The number of halogens is 1. The molecule has 1 amide bonds. The predicted octanol–water partition coefficient (Wildman–Crippen LogP) is 2.05. The molecule has 0 spiro atoms. The van der Waals surface area contributed by atoms with Crippen molar-refractivity contribution >= 4 is 15.9 Å². The van der Waals surface area contributed by atoms with Crippen molar-refractivity contribution in [1.82, 2.24) is 14.5 Å². The molecule has 0 bridgehead atoms. The number of carbonyl (C=O) groups excluding carboxylic acids is 1. The minimum atomic E-state index is -3.87. The van der Waals surface area contributed by atoms with Crippen LogP contribution in [-0.2, 0) is 14.8 Å². The van der Waals surface area contributed by atoms with Crippen molar-refractivity contribution in [1.29, 1.82) is 0 Å². The molecule has 1 fully saturated rings. The predicted molar refractivity (Wildman–Crippen MR) is 109 cm³/mol. The van der Waals surface area contributed by atoms with Crippen molar-refractivity contribution < 1.29 is 17.6 Å². The van der Waals surface area contributed by atoms with Crippen molar-refractivity contribution in [2.75, 3.05) is 39.3 Å². The Kier molecular flexibility index (Phi) is 7.00. The first-order valence-electron chi connectivity index (χ1n) is 9.66. The third-order valence-corrected chi connectivity index (χ3v) is 7.06. The van der Waals surface area contributed by atoms with Gasteiger partial charge in [-0.05, 0) is 23.6 Å². The number of nitrogens with one attached hydrogen (secondary N) is 1. The number of piperazine rings is 1. The Morgan fingerprint density at radius 2 is 1.66 bits per heavy atom. The lowest BCUT2D eigenvalue weighted by Gasteiger charge is -2.33. The smallest absolute Gasteiger partial charge is 0.246 e. The summed E-state index contributed by atoms with van der Waals surface area (Å²) < 4.78 is 40.4. The highest BCUT2D eigenvalue weighted by atomic mass is 32.2. The van der Waals surface area contributed by atoms with Crippen molar-refractivity contribution in [2.24, 2.45) is 0 Å². The number of nitrogens with zero attached hydrogens (tertiary/aromatic N) is 2. The van der Waals surface area contributed by atoms with E-state index in [1.165, 1.54) is 28.1 Å². The standard InChI is InChI=1S/C21H26FN3O3S/c1-17(18-7-3-2-4-8-18)15-23-21(26)16-24-11-13-25(14-12-24)29(27,28)20-10-6-5-9-19(20)22/h2-10,17H,11-16H2,1H3,(H,23,26)/t17-/m1/s1. The van der Waals surface area contributed by atoms with E-state index in [9.17, 15) is 17.6 Å². The van der Waals surface area contributed by atoms with Gasteiger partial charge in [0.25, 0.3) is 0 Å². The average molecular weight is 420 g/mol. The molecule has 1 atom stereocenters. The Bertz CT molecular complexity index is 929. The third kappa shape index (κ3) is 5.41. The fourth-order valence-corrected chi connectivity index (χ4v) is 4.83. The van der Waals surface area contributed by atoms with Crippen LogP contribution in [0.5, 0.6) is 0 Å². The maximum Gasteiger partial charge on any atom is 0.246 e. The van der Waals surface area contributed by atoms with E-state index in [-0.39, 0.29) is 36.4 Å². The van der Waals surface area contributed by atoms with Gasteiger partial charge in [-0.25, -0.2) is 12.8 Å². The van der Waals surface area contributed by atoms with Crippen LogP contribution in [0.1, 0.15) is 18.4 Å². The molecule has 0 unspecified atom stereocenters. The maximum atomic E-state index is 13.9. The molecule has 6 nitrogen and oxygen atoms in total. The Morgan fingerprint density at radius 1 is 1.03 bits per heavy atom. The van der Waals surface area contributed by atoms with Crippen LogP contribution in [0.25, 0.3) is 0 Å². The summed E-state index contributed by atoms with van der Waals surface area (Å²) >= 11 is 0. The molecule has 0 saturated carbocycles. The van der Waals surface area contributed by atoms with Crippen molar-refractivity contribution in [3.05, 3.63) is 66.0 Å². The molecule has 1 aliphatic rings. The normalized spacial score (nSPS) is 17.0. The van der Waals surface area contributed by atoms with Gasteiger partial charge in [-0.15, -0.1) is 0 Å². The summed E-state index contributed by atoms with van der Waals surface area (Å²) in [6, 6.07) is 15.4. The third-order valence-electron chi connectivity index (χ3n) is 5.13. The highest BCUT2D eigenvalue weighted by Crippen LogP contribution is 2.20. The minimum Gasteiger partial charge on any atom is -0.354 e. The van der Waals surface area contributed by atoms with Crippen molar-refractivity contribution in [2.45, 2.75) is 17.7 Å². The molecule has 8 heteroatoms. The highest BCUT2D eigenvalue weighted by Gasteiger charge is 2.30. The van der Waals surface area contributed by atoms with Gasteiger partial charge in [0.2, 0.25) is 15.9 Å². The SMILES string of the molecule is C[C@H](CNC(=O)CN1CCN(S(=O)(=O)c2ccccc2F)CC1)c1ccccc1. The lowest BCUT2D eigenvalue weighted by Crippen LogP contribution is -2.51. The molecular formula is C21H26FN3O3S. The topological polar surface area (TPSA) is 69.7 Å². The first-order valence-corrected chi connectivity index (χ1v) is 11.1. The zero-order valence-corrected chi connectivity index (χ0v) is 17.2. The summed E-state index contributed by atoms with van der Waals surface area (Å²) in [5.41, 5.74) is 1.17. The van der Waals surface area contributed by atoms with E-state index in [1.807, 2.05) is 35.2 Å². The Balaban J connectivity index is 1.47. The molecular weight excluding hydrogens is 393 g/mol. The Morgan fingerprint density at radius 3 is 2.31 bits per heavy atom. The van der Waals surface area contributed by atoms with Crippen molar-refractivity contribution in [3.63, 3.8) is 0 Å². The van der Waals surface area contributed by atoms with Gasteiger partial charge in [0.05, 0.1) is 6.54 Å². The summed E-state index contributed by atoms with van der Waals surface area (Å²) in [6.07, 6.45) is 0. The van der Waals surface area contributed by atoms with Gasteiger partial charge in [-0.2, -0.15) is 4.31 Å². The van der Waals surface area contributed by atoms with E-state index in [0.29, 0.717) is 19.6 Å². The Hall–Kier alpha value is -2.29. The fraction of sp³-hybridized carbons (Fsp3) is 0.381. The molecule has 1 heterocycles. The molecule has 1 N–H and O–H groups in total. The van der Waals surface area contributed by atoms with Gasteiger partial charge >= 0.3 is 0 Å². The summed E-state index contributed by atoms with van der Waals surface area (Å²) in [7, 11) is -3.87. The second-order valence-electron chi connectivity index (χ2n) is 7.23. The van der Waals surface area contributed by atoms with E-state index >= 15 is 0 Å². The maximum absolute atomic E-state index is 13.9. The van der Waals surface area contributed by atoms with Crippen LogP contribution in [0.3, 0.4) is 0 Å². The zero-order chi connectivity index (χ0) is 20.9. The number of carbonyl (C=O) groups is 1. The molecule has 29 heavy (non-hydrogen) atoms. The van der Waals surface area contributed by atoms with Crippen LogP contribution in [0.15, 0.2) is 59.5 Å². The number of benzene rings is 2. The Labute approximate surface area is 171 Å². The molecule has 3 rings (SSSR count). The van der Waals surface area contributed by atoms with Crippen LogP contribution in [-0.4, -0.2) is 62.8 Å². The summed E-state index contributed by atoms with van der Waals surface area (Å²) in [5, 5.41) is 2.94. The number of rotatable bonds is 7. The number of amides is 1. The van der Waals surface area contributed by atoms with Crippen LogP contribution >= 0.6 is 0 Å². The minimum absolute atomic E-state index is 0.0850. The quantitative estimate of drug-likeness (QED) is 0.746. The summed E-state index contributed by atoms with van der Waals surface area (Å²) in [5.74, 6) is -0.622. The van der Waals surface area contributed by atoms with Gasteiger partial charge in [0.15, 0.2) is 0 Å². The van der Waals surface area contributed by atoms with Crippen LogP contribution < -0.4 is 5.32 Å². The van der Waals surface area contributed by atoms with Gasteiger partial charge in [-0.1, -0.05) is 49.4 Å². The molecule has 0 aromatic heterocycles. The number of hydrogen-bond acceptors (Lipinski definition) is 4. The molecule has 1 saturated heterocycles. The number of sulfonamides is 1. The van der Waals surface area contributed by atoms with Crippen LogP contribution in [0.4, 0.5) is 4.39 Å². The zero-order valence-electron chi connectivity index (χ0n) is 16.4. The molecule has 0 aliphatic carbocycles. The van der Waals surface area contributed by atoms with E-state index in [4.69, 9.17) is 0 Å². The lowest BCUT2D eigenvalue weighted by atomic mass is 10.0. The molecule has 1 aliphatic heterocycles. The molecule has 156 valence electrons. The summed E-state index contributed by atoms with van der Waals surface area (Å²) in [6.45, 7) is 4.13. The number of hydrogen-bond donors (Lipinski definition) is 1. The first kappa shape index (κ1) is 21.4. The fourth-order valence-electron chi connectivity index (χ4n) is 3.35. The molecule has 2 aromatic rings. The van der Waals surface area contributed by atoms with E-state index in [2.05, 4.69) is 12.2 Å².